The number of nitrogens with zero attached hydrogens (tertiary/aromatic N) is 3. The highest BCUT2D eigenvalue weighted by Gasteiger charge is 2.39. The molecule has 2 aromatic rings. The molecule has 1 N–H and O–H groups in total. The zero-order valence-corrected chi connectivity index (χ0v) is 35.9. The number of carbonyl (C=O) groups is 4. The molecule has 13 heteroatoms. The maximum absolute atomic E-state index is 13.8. The van der Waals surface area contributed by atoms with Crippen LogP contribution >= 0.6 is 0 Å². The third kappa shape index (κ3) is 16.1. The SMILES string of the molecule is CCCCCCCCCCCCCCC(CCC)NC(=O)OC1CCCN(C(=O)OCCCOC(=O)N(C(=O)c2ccccc2OC)c2cccc[n+]2CC)C1OC. The van der Waals surface area contributed by atoms with Gasteiger partial charge in [0.2, 0.25) is 0 Å². The lowest BCUT2D eigenvalue weighted by atomic mass is 10.0. The monoisotopic (exact) mass is 812 g/mol. The van der Waals surface area contributed by atoms with Crippen molar-refractivity contribution in [2.45, 2.75) is 161 Å². The molecular formula is C45H71N4O9+. The van der Waals surface area contributed by atoms with Gasteiger partial charge in [0.1, 0.15) is 17.4 Å². The fraction of sp³-hybridized carbons (Fsp3) is 0.667. The van der Waals surface area contributed by atoms with Crippen LogP contribution in [-0.4, -0.2) is 81.4 Å². The molecule has 3 unspecified atom stereocenters. The molecule has 2 heterocycles. The number of benzene rings is 1. The number of amides is 4. The van der Waals surface area contributed by atoms with Gasteiger partial charge in [-0.25, -0.2) is 19.0 Å². The number of carbonyl (C=O) groups excluding carboxylic acids is 4. The molecule has 0 spiro atoms. The van der Waals surface area contributed by atoms with Crippen molar-refractivity contribution in [1.82, 2.24) is 10.2 Å². The van der Waals surface area contributed by atoms with Crippen molar-refractivity contribution in [3.8, 4) is 5.75 Å². The lowest BCUT2D eigenvalue weighted by molar-refractivity contribution is -0.680. The highest BCUT2D eigenvalue weighted by molar-refractivity contribution is 6.19. The number of unbranched alkanes of at least 4 members (excludes halogenated alkanes) is 11. The molecule has 324 valence electrons. The number of aromatic nitrogens is 1. The molecule has 1 aromatic carbocycles. The van der Waals surface area contributed by atoms with Crippen LogP contribution in [0, 0.1) is 0 Å². The van der Waals surface area contributed by atoms with E-state index in [1.165, 1.54) is 83.3 Å². The van der Waals surface area contributed by atoms with Crippen molar-refractivity contribution < 1.29 is 47.4 Å². The van der Waals surface area contributed by atoms with Gasteiger partial charge in [-0.1, -0.05) is 120 Å². The van der Waals surface area contributed by atoms with E-state index >= 15 is 0 Å². The molecule has 3 atom stereocenters. The molecule has 1 saturated heterocycles. The third-order valence-electron chi connectivity index (χ3n) is 10.6. The minimum Gasteiger partial charge on any atom is -0.496 e. The summed E-state index contributed by atoms with van der Waals surface area (Å²) in [7, 11) is 2.93. The summed E-state index contributed by atoms with van der Waals surface area (Å²) in [5, 5.41) is 3.07. The average Bonchev–Trinajstić information content (AvgIpc) is 3.23. The summed E-state index contributed by atoms with van der Waals surface area (Å²) >= 11 is 0. The van der Waals surface area contributed by atoms with Gasteiger partial charge in [0, 0.05) is 32.2 Å². The van der Waals surface area contributed by atoms with Gasteiger partial charge in [-0.2, -0.15) is 4.79 Å². The maximum Gasteiger partial charge on any atom is 0.515 e. The molecule has 58 heavy (non-hydrogen) atoms. The molecule has 1 aromatic heterocycles. The van der Waals surface area contributed by atoms with Gasteiger partial charge in [-0.3, -0.25) is 4.90 Å². The topological polar surface area (TPSA) is 137 Å². The molecule has 1 fully saturated rings. The highest BCUT2D eigenvalue weighted by atomic mass is 16.6. The van der Waals surface area contributed by atoms with Crippen LogP contribution in [0.25, 0.3) is 0 Å². The van der Waals surface area contributed by atoms with Crippen molar-refractivity contribution in [3.63, 3.8) is 0 Å². The molecular weight excluding hydrogens is 741 g/mol. The van der Waals surface area contributed by atoms with E-state index in [-0.39, 0.29) is 31.2 Å². The number of aryl methyl sites for hydroxylation is 1. The van der Waals surface area contributed by atoms with Crippen LogP contribution in [0.3, 0.4) is 0 Å². The number of para-hydroxylation sites is 1. The highest BCUT2D eigenvalue weighted by Crippen LogP contribution is 2.24. The zero-order chi connectivity index (χ0) is 42.0. The Hall–Kier alpha value is -4.39. The van der Waals surface area contributed by atoms with E-state index in [1.54, 1.807) is 47.2 Å². The van der Waals surface area contributed by atoms with Gasteiger partial charge in [0.15, 0.2) is 6.23 Å². The van der Waals surface area contributed by atoms with E-state index in [1.807, 2.05) is 13.0 Å². The Kier molecular flexibility index (Phi) is 23.3. The van der Waals surface area contributed by atoms with Gasteiger partial charge in [0.05, 0.1) is 33.1 Å². The number of ether oxygens (including phenoxy) is 5. The second-order valence-corrected chi connectivity index (χ2v) is 15.0. The van der Waals surface area contributed by atoms with Gasteiger partial charge in [0.25, 0.3) is 5.82 Å². The first-order valence-electron chi connectivity index (χ1n) is 21.8. The van der Waals surface area contributed by atoms with E-state index in [4.69, 9.17) is 23.7 Å². The minimum absolute atomic E-state index is 0.0342. The molecule has 3 rings (SSSR count). The van der Waals surface area contributed by atoms with Crippen molar-refractivity contribution in [1.29, 1.82) is 0 Å². The number of hydrogen-bond donors (Lipinski definition) is 1. The summed E-state index contributed by atoms with van der Waals surface area (Å²) in [5.41, 5.74) is 0.201. The van der Waals surface area contributed by atoms with Crippen LogP contribution in [-0.2, 0) is 25.5 Å². The lowest BCUT2D eigenvalue weighted by Crippen LogP contribution is -2.54. The molecule has 1 aliphatic rings. The van der Waals surface area contributed by atoms with Crippen LogP contribution < -0.4 is 19.5 Å². The Morgan fingerprint density at radius 1 is 0.793 bits per heavy atom. The molecule has 13 nitrogen and oxygen atoms in total. The Labute approximate surface area is 347 Å². The smallest absolute Gasteiger partial charge is 0.496 e. The summed E-state index contributed by atoms with van der Waals surface area (Å²) in [4.78, 5) is 55.9. The number of rotatable bonds is 26. The summed E-state index contributed by atoms with van der Waals surface area (Å²) in [6, 6.07) is 11.9. The lowest BCUT2D eigenvalue weighted by Gasteiger charge is -2.38. The number of hydrogen-bond acceptors (Lipinski definition) is 9. The standard InChI is InChI=1S/C45H70N4O9/c1-6-9-10-11-12-13-14-15-16-17-18-19-27-36(26-7-2)46-43(51)58-39-30-24-33-48(42(39)55-5)44(52)56-34-25-35-57-45(53)49(40-31-22-23-32-47(40)8-3)41(50)37-28-20-21-29-38(37)54-4/h20-23,28-29,31-32,36,39,42H,6-19,24-27,30,33-35H2,1-5H3/p+1. The molecule has 0 saturated carbocycles. The Morgan fingerprint density at radius 3 is 2.10 bits per heavy atom. The van der Waals surface area contributed by atoms with Gasteiger partial charge < -0.3 is 29.0 Å². The number of imide groups is 1. The van der Waals surface area contributed by atoms with E-state index in [0.717, 1.165) is 37.0 Å². The number of piperidine rings is 1. The Morgan fingerprint density at radius 2 is 1.45 bits per heavy atom. The Balaban J connectivity index is 1.44. The Bertz CT molecular complexity index is 1510. The van der Waals surface area contributed by atoms with E-state index in [0.29, 0.717) is 37.5 Å². The minimum atomic E-state index is -0.875. The molecule has 0 aliphatic carbocycles. The van der Waals surface area contributed by atoms with Crippen LogP contribution in [0.5, 0.6) is 5.75 Å². The van der Waals surface area contributed by atoms with Crippen molar-refractivity contribution in [2.75, 3.05) is 38.9 Å². The summed E-state index contributed by atoms with van der Waals surface area (Å²) in [5.74, 6) is 0.0464. The molecule has 0 radical (unpaired) electrons. The van der Waals surface area contributed by atoms with Crippen molar-refractivity contribution >= 4 is 30.0 Å². The molecule has 4 amide bonds. The molecule has 1 aliphatic heterocycles. The zero-order valence-electron chi connectivity index (χ0n) is 35.9. The van der Waals surface area contributed by atoms with E-state index < -0.39 is 36.5 Å². The predicted octanol–water partition coefficient (Wildman–Crippen LogP) is 9.74. The second kappa shape index (κ2) is 28.1. The first-order valence-corrected chi connectivity index (χ1v) is 21.8. The summed E-state index contributed by atoms with van der Waals surface area (Å²) in [6.45, 7) is 6.99. The number of methoxy groups -OCH3 is 2. The first kappa shape index (κ1) is 48.0. The van der Waals surface area contributed by atoms with Gasteiger partial charge in [-0.05, 0) is 50.8 Å². The van der Waals surface area contributed by atoms with Crippen LogP contribution in [0.2, 0.25) is 0 Å². The summed E-state index contributed by atoms with van der Waals surface area (Å²) in [6.07, 6.45) is 17.9. The predicted molar refractivity (Wildman–Crippen MR) is 224 cm³/mol. The van der Waals surface area contributed by atoms with Crippen LogP contribution in [0.4, 0.5) is 20.2 Å². The summed E-state index contributed by atoms with van der Waals surface area (Å²) < 4.78 is 29.7. The van der Waals surface area contributed by atoms with Crippen molar-refractivity contribution in [3.05, 3.63) is 54.2 Å². The number of alkyl carbamates (subject to hydrolysis) is 1. The normalized spacial score (nSPS) is 15.6. The molecule has 0 bridgehead atoms. The van der Waals surface area contributed by atoms with Crippen LogP contribution in [0.1, 0.15) is 147 Å². The fourth-order valence-electron chi connectivity index (χ4n) is 7.42. The first-order chi connectivity index (χ1) is 28.3. The fourth-order valence-corrected chi connectivity index (χ4v) is 7.42. The third-order valence-corrected chi connectivity index (χ3v) is 10.6. The maximum atomic E-state index is 13.8. The number of likely N-dealkylation sites (tertiary alicyclic amines) is 1. The van der Waals surface area contributed by atoms with E-state index in [2.05, 4.69) is 19.2 Å². The van der Waals surface area contributed by atoms with Crippen LogP contribution in [0.15, 0.2) is 48.7 Å². The quantitative estimate of drug-likeness (QED) is 0.0559. The van der Waals surface area contributed by atoms with Gasteiger partial charge >= 0.3 is 24.2 Å². The largest absolute Gasteiger partial charge is 0.515 e. The number of anilines is 1. The van der Waals surface area contributed by atoms with E-state index in [9.17, 15) is 19.2 Å². The number of pyridine rings is 1. The van der Waals surface area contributed by atoms with Gasteiger partial charge in [-0.15, -0.1) is 0 Å². The second-order valence-electron chi connectivity index (χ2n) is 15.0. The van der Waals surface area contributed by atoms with Crippen molar-refractivity contribution in [2.24, 2.45) is 0 Å². The average molecular weight is 812 g/mol. The number of nitrogens with one attached hydrogen (secondary N) is 1.